The number of ether oxygens (including phenoxy) is 2. The topological polar surface area (TPSA) is 76.1 Å². The molecule has 7 nitrogen and oxygen atoms in total. The first kappa shape index (κ1) is 36.9. The number of halogens is 5. The van der Waals surface area contributed by atoms with Crippen LogP contribution in [0.5, 0.6) is 17.4 Å². The van der Waals surface area contributed by atoms with E-state index in [9.17, 15) is 4.79 Å². The third-order valence-corrected chi connectivity index (χ3v) is 9.95. The van der Waals surface area contributed by atoms with E-state index in [4.69, 9.17) is 92.9 Å². The predicted octanol–water partition coefficient (Wildman–Crippen LogP) is 10.8. The Kier molecular flexibility index (Phi) is 14.1. The molecule has 2 unspecified atom stereocenters. The van der Waals surface area contributed by atoms with Gasteiger partial charge in [0.2, 0.25) is 5.88 Å². The highest BCUT2D eigenvalue weighted by molar-refractivity contribution is 8.07. The zero-order chi connectivity index (χ0) is 32.5. The van der Waals surface area contributed by atoms with Gasteiger partial charge >= 0.3 is 12.7 Å². The average molecular weight is 742 g/mol. The summed E-state index contributed by atoms with van der Waals surface area (Å²) in [6.07, 6.45) is 1.71. The monoisotopic (exact) mass is 739 g/mol. The van der Waals surface area contributed by atoms with Crippen LogP contribution in [0.2, 0.25) is 15.2 Å². The summed E-state index contributed by atoms with van der Waals surface area (Å²) in [5, 5.41) is 0.499. The van der Waals surface area contributed by atoms with Crippen molar-refractivity contribution in [3.63, 3.8) is 0 Å². The standard InChI is InChI=1S/C21H20Cl2O3.C9H11Cl3NO3PS/c1-21(2)17(12-18(22)23)19(21)20(24)25-13-14-7-6-10-16(11-14)26-15-8-4-3-5-9-15;1-3-14-17(18,15-4-2)16-9-7(11)5-6(10)8(12)13-9/h3-12,17,19H,13H2,1-2H3;5H,3-4H2,1-2H3. The van der Waals surface area contributed by atoms with E-state index < -0.39 is 6.72 Å². The van der Waals surface area contributed by atoms with Gasteiger partial charge in [0.05, 0.1) is 24.2 Å². The molecule has 1 saturated carbocycles. The van der Waals surface area contributed by atoms with Crippen molar-refractivity contribution < 1.29 is 27.8 Å². The number of carbonyl (C=O) groups excluding carboxylic acids is 1. The summed E-state index contributed by atoms with van der Waals surface area (Å²) in [7, 11) is 0. The molecule has 3 aromatic rings. The van der Waals surface area contributed by atoms with Crippen LogP contribution in [0.3, 0.4) is 0 Å². The molecule has 0 aliphatic heterocycles. The van der Waals surface area contributed by atoms with Crippen molar-refractivity contribution in [2.75, 3.05) is 13.2 Å². The summed E-state index contributed by atoms with van der Waals surface area (Å²) in [6.45, 7) is 5.57. The first-order chi connectivity index (χ1) is 20.8. The third-order valence-electron chi connectivity index (χ3n) is 6.36. The van der Waals surface area contributed by atoms with Gasteiger partial charge < -0.3 is 14.0 Å². The van der Waals surface area contributed by atoms with Crippen LogP contribution >= 0.6 is 64.7 Å². The van der Waals surface area contributed by atoms with Crippen molar-refractivity contribution in [3.8, 4) is 17.4 Å². The highest BCUT2D eigenvalue weighted by Gasteiger charge is 2.61. The van der Waals surface area contributed by atoms with Crippen molar-refractivity contribution in [1.82, 2.24) is 4.98 Å². The fourth-order valence-electron chi connectivity index (χ4n) is 4.15. The predicted molar refractivity (Wildman–Crippen MR) is 181 cm³/mol. The van der Waals surface area contributed by atoms with Gasteiger partial charge in [0.25, 0.3) is 0 Å². The molecular formula is C30H31Cl5NO6PS. The average Bonchev–Trinajstić information content (AvgIpc) is 3.50. The summed E-state index contributed by atoms with van der Waals surface area (Å²) < 4.78 is 27.5. The molecule has 0 spiro atoms. The molecular weight excluding hydrogens is 711 g/mol. The van der Waals surface area contributed by atoms with Crippen LogP contribution in [-0.4, -0.2) is 24.2 Å². The Morgan fingerprint density at radius 2 is 1.59 bits per heavy atom. The second-order valence-electron chi connectivity index (χ2n) is 9.87. The number of aromatic nitrogens is 1. The maximum absolute atomic E-state index is 12.4. The van der Waals surface area contributed by atoms with Crippen LogP contribution in [0.15, 0.2) is 71.2 Å². The number of nitrogens with zero attached hydrogens (tertiary/aromatic N) is 1. The first-order valence-corrected chi connectivity index (χ1v) is 17.9. The number of rotatable bonds is 12. The Morgan fingerprint density at radius 1 is 0.955 bits per heavy atom. The molecule has 0 radical (unpaired) electrons. The molecule has 1 aliphatic carbocycles. The van der Waals surface area contributed by atoms with Crippen LogP contribution in [0.1, 0.15) is 33.3 Å². The Bertz CT molecular complexity index is 1500. The van der Waals surface area contributed by atoms with Crippen LogP contribution in [-0.2, 0) is 37.0 Å². The van der Waals surface area contributed by atoms with Crippen LogP contribution < -0.4 is 9.26 Å². The summed E-state index contributed by atoms with van der Waals surface area (Å²) in [6, 6.07) is 18.5. The van der Waals surface area contributed by atoms with Crippen LogP contribution in [0, 0.1) is 17.3 Å². The molecule has 2 aromatic carbocycles. The largest absolute Gasteiger partial charge is 0.461 e. The minimum Gasteiger partial charge on any atom is -0.461 e. The van der Waals surface area contributed by atoms with E-state index >= 15 is 0 Å². The Morgan fingerprint density at radius 3 is 2.20 bits per heavy atom. The fourth-order valence-corrected chi connectivity index (χ4v) is 7.01. The molecule has 238 valence electrons. The normalized spacial score (nSPS) is 16.7. The van der Waals surface area contributed by atoms with Gasteiger partial charge in [-0.25, -0.2) is 0 Å². The van der Waals surface area contributed by atoms with Gasteiger partial charge in [0, 0.05) is 11.8 Å². The van der Waals surface area contributed by atoms with Gasteiger partial charge in [-0.15, -0.1) is 0 Å². The molecule has 0 bridgehead atoms. The summed E-state index contributed by atoms with van der Waals surface area (Å²) in [5.74, 6) is 1.06. The van der Waals surface area contributed by atoms with E-state index in [0.29, 0.717) is 19.0 Å². The number of pyridine rings is 1. The zero-order valence-electron chi connectivity index (χ0n) is 24.3. The Balaban J connectivity index is 0.000000259. The van der Waals surface area contributed by atoms with Crippen molar-refractivity contribution in [3.05, 3.63) is 92.0 Å². The molecule has 14 heteroatoms. The highest BCUT2D eigenvalue weighted by Crippen LogP contribution is 2.60. The van der Waals surface area contributed by atoms with Gasteiger partial charge in [-0.2, -0.15) is 4.98 Å². The number of carbonyl (C=O) groups is 1. The van der Waals surface area contributed by atoms with Crippen molar-refractivity contribution >= 4 is 82.5 Å². The number of para-hydroxylation sites is 1. The van der Waals surface area contributed by atoms with E-state index in [1.54, 1.807) is 19.9 Å². The van der Waals surface area contributed by atoms with E-state index in [-0.39, 0.29) is 55.4 Å². The summed E-state index contributed by atoms with van der Waals surface area (Å²) in [5.41, 5.74) is 0.678. The third kappa shape index (κ3) is 10.8. The second kappa shape index (κ2) is 16.8. The van der Waals surface area contributed by atoms with Crippen molar-refractivity contribution in [2.24, 2.45) is 17.3 Å². The second-order valence-corrected chi connectivity index (χ2v) is 15.0. The number of hydrogen-bond acceptors (Lipinski definition) is 8. The molecule has 1 fully saturated rings. The Labute approximate surface area is 287 Å². The molecule has 44 heavy (non-hydrogen) atoms. The first-order valence-electron chi connectivity index (χ1n) is 13.4. The lowest BCUT2D eigenvalue weighted by Gasteiger charge is -2.20. The Hall–Kier alpha value is -1.58. The molecule has 2 atom stereocenters. The van der Waals surface area contributed by atoms with E-state index in [1.807, 2.05) is 68.4 Å². The smallest absolute Gasteiger partial charge is 0.381 e. The molecule has 1 heterocycles. The van der Waals surface area contributed by atoms with Gasteiger partial charge in [-0.1, -0.05) is 102 Å². The molecule has 0 N–H and O–H groups in total. The van der Waals surface area contributed by atoms with Crippen LogP contribution in [0.25, 0.3) is 0 Å². The van der Waals surface area contributed by atoms with E-state index in [0.717, 1.165) is 11.3 Å². The number of esters is 1. The number of allylic oxidation sites excluding steroid dienone is 1. The van der Waals surface area contributed by atoms with Gasteiger partial charge in [0.15, 0.2) is 5.15 Å². The molecule has 0 saturated heterocycles. The lowest BCUT2D eigenvalue weighted by atomic mass is 10.1. The quantitative estimate of drug-likeness (QED) is 0.103. The lowest BCUT2D eigenvalue weighted by Crippen LogP contribution is -2.10. The van der Waals surface area contributed by atoms with E-state index in [2.05, 4.69) is 4.98 Å². The summed E-state index contributed by atoms with van der Waals surface area (Å²) in [4.78, 5) is 16.3. The van der Waals surface area contributed by atoms with Gasteiger partial charge in [-0.05, 0) is 67.2 Å². The fraction of sp³-hybridized carbons (Fsp3) is 0.333. The van der Waals surface area contributed by atoms with Crippen molar-refractivity contribution in [1.29, 1.82) is 0 Å². The highest BCUT2D eigenvalue weighted by atomic mass is 35.5. The lowest BCUT2D eigenvalue weighted by molar-refractivity contribution is -0.147. The minimum atomic E-state index is -2.92. The number of benzene rings is 2. The zero-order valence-corrected chi connectivity index (χ0v) is 29.8. The van der Waals surface area contributed by atoms with Crippen LogP contribution in [0.4, 0.5) is 0 Å². The molecule has 1 aromatic heterocycles. The molecule has 4 rings (SSSR count). The summed E-state index contributed by atoms with van der Waals surface area (Å²) >= 11 is 34.1. The van der Waals surface area contributed by atoms with Gasteiger partial charge in [-0.3, -0.25) is 13.8 Å². The molecule has 1 aliphatic rings. The SMILES string of the molecule is CC1(C)C(C=C(Cl)Cl)C1C(=O)OCc1cccc(Oc2ccccc2)c1.CCOP(=S)(OCC)Oc1nc(Cl)c(Cl)cc1Cl. The minimum absolute atomic E-state index is 0.00717. The maximum Gasteiger partial charge on any atom is 0.381 e. The number of hydrogen-bond donors (Lipinski definition) is 0. The molecule has 0 amide bonds. The van der Waals surface area contributed by atoms with E-state index in [1.165, 1.54) is 6.07 Å². The van der Waals surface area contributed by atoms with Gasteiger partial charge in [0.1, 0.15) is 27.6 Å². The maximum atomic E-state index is 12.4. The van der Waals surface area contributed by atoms with Crippen molar-refractivity contribution in [2.45, 2.75) is 34.3 Å².